The summed E-state index contributed by atoms with van der Waals surface area (Å²) in [5.74, 6) is 0.852. The summed E-state index contributed by atoms with van der Waals surface area (Å²) in [6, 6.07) is 3.93. The summed E-state index contributed by atoms with van der Waals surface area (Å²) >= 11 is 0. The molecule has 132 valence electrons. The van der Waals surface area contributed by atoms with Crippen molar-refractivity contribution in [3.63, 3.8) is 0 Å². The van der Waals surface area contributed by atoms with Crippen molar-refractivity contribution in [2.75, 3.05) is 13.7 Å². The fourth-order valence-corrected chi connectivity index (χ4v) is 2.05. The lowest BCUT2D eigenvalue weighted by Crippen LogP contribution is -2.15. The maximum absolute atomic E-state index is 11.7. The summed E-state index contributed by atoms with van der Waals surface area (Å²) in [5, 5.41) is 14.5. The van der Waals surface area contributed by atoms with Gasteiger partial charge in [0.05, 0.1) is 12.0 Å². The summed E-state index contributed by atoms with van der Waals surface area (Å²) in [6.07, 6.45) is 2.07. The zero-order chi connectivity index (χ0) is 17.8. The molecule has 1 aliphatic rings. The Hall–Kier alpha value is -3.17. The minimum absolute atomic E-state index is 0.0373. The molecule has 0 N–H and O–H groups in total. The molecule has 0 radical (unpaired) electrons. The molecule has 1 aromatic carbocycles. The molecule has 1 aliphatic carbocycles. The molecule has 0 unspecified atom stereocenters. The quantitative estimate of drug-likeness (QED) is 0.399. The van der Waals surface area contributed by atoms with Gasteiger partial charge < -0.3 is 18.7 Å². The number of esters is 1. The molecule has 0 atom stereocenters. The van der Waals surface area contributed by atoms with E-state index in [9.17, 15) is 14.9 Å². The number of rotatable bonds is 8. The molecule has 1 heterocycles. The molecule has 1 saturated carbocycles. The summed E-state index contributed by atoms with van der Waals surface area (Å²) in [7, 11) is 1.31. The van der Waals surface area contributed by atoms with Crippen LogP contribution in [0.25, 0.3) is 0 Å². The minimum atomic E-state index is -0.630. The van der Waals surface area contributed by atoms with E-state index in [4.69, 9.17) is 18.7 Å². The molecule has 1 aromatic heterocycles. The van der Waals surface area contributed by atoms with Crippen molar-refractivity contribution in [3.8, 4) is 11.5 Å². The van der Waals surface area contributed by atoms with Crippen molar-refractivity contribution in [2.45, 2.75) is 25.4 Å². The largest absolute Gasteiger partial charge is 0.490 e. The summed E-state index contributed by atoms with van der Waals surface area (Å²) in [4.78, 5) is 26.1. The van der Waals surface area contributed by atoms with E-state index in [2.05, 4.69) is 10.1 Å². The second kappa shape index (κ2) is 7.16. The van der Waals surface area contributed by atoms with Crippen molar-refractivity contribution in [2.24, 2.45) is 0 Å². The van der Waals surface area contributed by atoms with Gasteiger partial charge in [0.25, 0.3) is 0 Å². The lowest BCUT2D eigenvalue weighted by Gasteiger charge is -2.07. The van der Waals surface area contributed by atoms with Gasteiger partial charge in [-0.3, -0.25) is 10.1 Å². The number of nitro groups is 1. The molecule has 0 saturated heterocycles. The first-order valence-corrected chi connectivity index (χ1v) is 7.50. The predicted octanol–water partition coefficient (Wildman–Crippen LogP) is 1.99. The molecular weight excluding hydrogens is 334 g/mol. The van der Waals surface area contributed by atoms with E-state index in [1.807, 2.05) is 0 Å². The van der Waals surface area contributed by atoms with Crippen LogP contribution >= 0.6 is 0 Å². The first-order chi connectivity index (χ1) is 12.1. The van der Waals surface area contributed by atoms with Crippen LogP contribution in [0.2, 0.25) is 0 Å². The van der Waals surface area contributed by atoms with Gasteiger partial charge >= 0.3 is 11.7 Å². The second-order valence-electron chi connectivity index (χ2n) is 5.36. The SMILES string of the molecule is COc1cc(OCC(=O)OCc2noc(C3CC3)n2)ccc1[N+](=O)[O-]. The Morgan fingerprint density at radius 3 is 2.92 bits per heavy atom. The highest BCUT2D eigenvalue weighted by atomic mass is 16.6. The molecular formula is C15H15N3O7. The molecule has 10 heteroatoms. The van der Waals surface area contributed by atoms with E-state index in [0.717, 1.165) is 12.8 Å². The maximum Gasteiger partial charge on any atom is 0.344 e. The van der Waals surface area contributed by atoms with Crippen molar-refractivity contribution in [3.05, 3.63) is 40.0 Å². The average molecular weight is 349 g/mol. The van der Waals surface area contributed by atoms with Gasteiger partial charge in [-0.2, -0.15) is 4.98 Å². The second-order valence-corrected chi connectivity index (χ2v) is 5.36. The molecule has 10 nitrogen and oxygen atoms in total. The minimum Gasteiger partial charge on any atom is -0.490 e. The molecule has 0 amide bonds. The molecule has 2 aromatic rings. The number of hydrogen-bond acceptors (Lipinski definition) is 9. The Bertz CT molecular complexity index is 785. The van der Waals surface area contributed by atoms with Crippen molar-refractivity contribution >= 4 is 11.7 Å². The first kappa shape index (κ1) is 16.7. The number of nitrogens with zero attached hydrogens (tertiary/aromatic N) is 3. The fraction of sp³-hybridized carbons (Fsp3) is 0.400. The Kier molecular flexibility index (Phi) is 4.78. The first-order valence-electron chi connectivity index (χ1n) is 7.50. The topological polar surface area (TPSA) is 127 Å². The van der Waals surface area contributed by atoms with Gasteiger partial charge in [-0.15, -0.1) is 0 Å². The highest BCUT2D eigenvalue weighted by Crippen LogP contribution is 2.38. The lowest BCUT2D eigenvalue weighted by molar-refractivity contribution is -0.385. The number of hydrogen-bond donors (Lipinski definition) is 0. The van der Waals surface area contributed by atoms with Crippen LogP contribution in [-0.2, 0) is 16.1 Å². The number of benzene rings is 1. The van der Waals surface area contributed by atoms with Crippen molar-refractivity contribution < 1.29 is 28.5 Å². The molecule has 0 bridgehead atoms. The van der Waals surface area contributed by atoms with Crippen molar-refractivity contribution in [1.82, 2.24) is 10.1 Å². The van der Waals surface area contributed by atoms with Crippen LogP contribution in [0.3, 0.4) is 0 Å². The zero-order valence-electron chi connectivity index (χ0n) is 13.3. The smallest absolute Gasteiger partial charge is 0.344 e. The van der Waals surface area contributed by atoms with Crippen LogP contribution in [-0.4, -0.2) is 34.7 Å². The van der Waals surface area contributed by atoms with E-state index >= 15 is 0 Å². The van der Waals surface area contributed by atoms with Gasteiger partial charge in [-0.25, -0.2) is 4.79 Å². The molecule has 1 fully saturated rings. The molecule has 3 rings (SSSR count). The number of carbonyl (C=O) groups is 1. The summed E-state index contributed by atoms with van der Waals surface area (Å²) in [6.45, 7) is -0.476. The van der Waals surface area contributed by atoms with Gasteiger partial charge in [0.15, 0.2) is 13.2 Å². The number of methoxy groups -OCH3 is 1. The summed E-state index contributed by atoms with van der Waals surface area (Å²) in [5.41, 5.74) is -0.194. The molecule has 0 spiro atoms. The summed E-state index contributed by atoms with van der Waals surface area (Å²) < 4.78 is 20.2. The van der Waals surface area contributed by atoms with Gasteiger partial charge in [0.1, 0.15) is 5.75 Å². The third kappa shape index (κ3) is 4.22. The number of nitro benzene ring substituents is 1. The Morgan fingerprint density at radius 1 is 1.44 bits per heavy atom. The van der Waals surface area contributed by atoms with Crippen LogP contribution in [0.5, 0.6) is 11.5 Å². The number of carbonyl (C=O) groups excluding carboxylic acids is 1. The lowest BCUT2D eigenvalue weighted by atomic mass is 10.3. The highest BCUT2D eigenvalue weighted by Gasteiger charge is 2.29. The standard InChI is InChI=1S/C15H15N3O7/c1-22-12-6-10(4-5-11(12)18(20)21)23-8-14(19)24-7-13-16-15(25-17-13)9-2-3-9/h4-6,9H,2-3,7-8H2,1H3. The Labute approximate surface area is 141 Å². The monoisotopic (exact) mass is 349 g/mol. The number of ether oxygens (including phenoxy) is 3. The van der Waals surface area contributed by atoms with Gasteiger partial charge in [0.2, 0.25) is 17.5 Å². The Morgan fingerprint density at radius 2 is 2.24 bits per heavy atom. The average Bonchev–Trinajstić information content (AvgIpc) is 3.36. The van der Waals surface area contributed by atoms with Crippen LogP contribution in [0.15, 0.2) is 22.7 Å². The zero-order valence-corrected chi connectivity index (χ0v) is 13.3. The van der Waals surface area contributed by atoms with E-state index in [1.165, 1.54) is 25.3 Å². The third-order valence-corrected chi connectivity index (χ3v) is 3.48. The van der Waals surface area contributed by atoms with Gasteiger partial charge in [0, 0.05) is 18.1 Å². The highest BCUT2D eigenvalue weighted by molar-refractivity contribution is 5.71. The Balaban J connectivity index is 1.48. The fourth-order valence-electron chi connectivity index (χ4n) is 2.05. The molecule has 25 heavy (non-hydrogen) atoms. The van der Waals surface area contributed by atoms with Gasteiger partial charge in [-0.05, 0) is 18.9 Å². The number of aromatic nitrogens is 2. The predicted molar refractivity (Wildman–Crippen MR) is 81.2 cm³/mol. The maximum atomic E-state index is 11.7. The van der Waals surface area contributed by atoms with Crippen LogP contribution < -0.4 is 9.47 Å². The third-order valence-electron chi connectivity index (χ3n) is 3.48. The van der Waals surface area contributed by atoms with Crippen LogP contribution in [0.4, 0.5) is 5.69 Å². The van der Waals surface area contributed by atoms with Crippen LogP contribution in [0, 0.1) is 10.1 Å². The van der Waals surface area contributed by atoms with Crippen LogP contribution in [0.1, 0.15) is 30.5 Å². The van der Waals surface area contributed by atoms with E-state index in [1.54, 1.807) is 0 Å². The van der Waals surface area contributed by atoms with E-state index < -0.39 is 10.9 Å². The molecule has 0 aliphatic heterocycles. The van der Waals surface area contributed by atoms with E-state index in [-0.39, 0.29) is 30.4 Å². The van der Waals surface area contributed by atoms with E-state index in [0.29, 0.717) is 17.6 Å². The van der Waals surface area contributed by atoms with Crippen molar-refractivity contribution in [1.29, 1.82) is 0 Å². The van der Waals surface area contributed by atoms with Gasteiger partial charge in [-0.1, -0.05) is 5.16 Å². The normalized spacial score (nSPS) is 13.3.